The number of sulfone groups is 1. The molecule has 0 saturated carbocycles. The number of hydrogen-bond acceptors (Lipinski definition) is 4. The van der Waals surface area contributed by atoms with E-state index in [2.05, 4.69) is 5.32 Å². The third kappa shape index (κ3) is 4.38. The van der Waals surface area contributed by atoms with Crippen LogP contribution < -0.4 is 11.1 Å². The van der Waals surface area contributed by atoms with Gasteiger partial charge in [0, 0.05) is 10.6 Å². The zero-order valence-corrected chi connectivity index (χ0v) is 13.3. The van der Waals surface area contributed by atoms with Crippen molar-refractivity contribution in [2.75, 3.05) is 11.5 Å². The number of anilines is 1. The molecular weight excluding hydrogens is 300 g/mol. The molecule has 0 atom stereocenters. The van der Waals surface area contributed by atoms with Crippen LogP contribution >= 0.6 is 11.6 Å². The van der Waals surface area contributed by atoms with E-state index < -0.39 is 27.0 Å². The topological polar surface area (TPSA) is 89.3 Å². The van der Waals surface area contributed by atoms with Crippen LogP contribution in [0.5, 0.6) is 0 Å². The van der Waals surface area contributed by atoms with Gasteiger partial charge in [-0.2, -0.15) is 0 Å². The van der Waals surface area contributed by atoms with Crippen molar-refractivity contribution in [1.29, 1.82) is 0 Å². The second-order valence-electron chi connectivity index (χ2n) is 5.23. The van der Waals surface area contributed by atoms with Gasteiger partial charge in [0.1, 0.15) is 5.75 Å². The minimum atomic E-state index is -3.81. The van der Waals surface area contributed by atoms with Gasteiger partial charge in [0.15, 0.2) is 9.84 Å². The van der Waals surface area contributed by atoms with Crippen molar-refractivity contribution < 1.29 is 13.2 Å². The maximum Gasteiger partial charge on any atom is 0.235 e. The van der Waals surface area contributed by atoms with Gasteiger partial charge in [-0.1, -0.05) is 18.5 Å². The molecule has 112 valence electrons. The molecule has 5 nitrogen and oxygen atoms in total. The fraction of sp³-hybridized carbons (Fsp3) is 0.462. The maximum absolute atomic E-state index is 12.2. The summed E-state index contributed by atoms with van der Waals surface area (Å²) in [6.45, 7) is 5.56. The number of nitrogens with two attached hydrogens (primary N) is 1. The first-order chi connectivity index (χ1) is 9.07. The van der Waals surface area contributed by atoms with Crippen molar-refractivity contribution in [3.8, 4) is 0 Å². The number of amides is 1. The molecule has 0 aliphatic carbocycles. The van der Waals surface area contributed by atoms with Crippen molar-refractivity contribution in [2.24, 2.45) is 0 Å². The highest BCUT2D eigenvalue weighted by atomic mass is 35.5. The van der Waals surface area contributed by atoms with Crippen molar-refractivity contribution in [2.45, 2.75) is 37.6 Å². The van der Waals surface area contributed by atoms with Gasteiger partial charge >= 0.3 is 0 Å². The first kappa shape index (κ1) is 16.8. The van der Waals surface area contributed by atoms with Crippen molar-refractivity contribution >= 4 is 33.0 Å². The van der Waals surface area contributed by atoms with Gasteiger partial charge in [-0.3, -0.25) is 4.79 Å². The summed E-state index contributed by atoms with van der Waals surface area (Å²) >= 11 is 5.77. The largest absolute Gasteiger partial charge is 0.398 e. The molecule has 1 aromatic carbocycles. The first-order valence-corrected chi connectivity index (χ1v) is 8.19. The van der Waals surface area contributed by atoms with Crippen molar-refractivity contribution in [3.05, 3.63) is 23.2 Å². The summed E-state index contributed by atoms with van der Waals surface area (Å²) in [4.78, 5) is 11.7. The van der Waals surface area contributed by atoms with Gasteiger partial charge in [-0.15, -0.1) is 0 Å². The van der Waals surface area contributed by atoms with Crippen LogP contribution in [0.25, 0.3) is 0 Å². The van der Waals surface area contributed by atoms with Gasteiger partial charge in [-0.25, -0.2) is 8.42 Å². The molecule has 1 amide bonds. The lowest BCUT2D eigenvalue weighted by molar-refractivity contribution is -0.120. The van der Waals surface area contributed by atoms with E-state index in [1.165, 1.54) is 18.2 Å². The molecule has 1 rings (SSSR count). The first-order valence-electron chi connectivity index (χ1n) is 6.16. The highest BCUT2D eigenvalue weighted by Gasteiger charge is 2.25. The van der Waals surface area contributed by atoms with E-state index in [1.807, 2.05) is 20.8 Å². The van der Waals surface area contributed by atoms with Crippen LogP contribution in [0.2, 0.25) is 5.02 Å². The Hall–Kier alpha value is -1.27. The predicted molar refractivity (Wildman–Crippen MR) is 80.4 cm³/mol. The standard InChI is InChI=1S/C13H19ClN2O3S/c1-4-13(2,3)16-12(17)8-20(18,19)11-7-9(14)5-6-10(11)15/h5-7H,4,8,15H2,1-3H3,(H,16,17). The lowest BCUT2D eigenvalue weighted by Gasteiger charge is -2.24. The number of carbonyl (C=O) groups is 1. The molecule has 20 heavy (non-hydrogen) atoms. The van der Waals surface area contributed by atoms with Gasteiger partial charge in [0.05, 0.1) is 10.6 Å². The molecule has 0 aliphatic rings. The van der Waals surface area contributed by atoms with Gasteiger partial charge in [-0.05, 0) is 38.5 Å². The SMILES string of the molecule is CCC(C)(C)NC(=O)CS(=O)(=O)c1cc(Cl)ccc1N. The Bertz CT molecular complexity index is 612. The number of nitrogens with one attached hydrogen (secondary N) is 1. The summed E-state index contributed by atoms with van der Waals surface area (Å²) < 4.78 is 24.4. The monoisotopic (exact) mass is 318 g/mol. The highest BCUT2D eigenvalue weighted by molar-refractivity contribution is 7.92. The van der Waals surface area contributed by atoms with Crippen LogP contribution in [0.1, 0.15) is 27.2 Å². The van der Waals surface area contributed by atoms with Crippen molar-refractivity contribution in [1.82, 2.24) is 5.32 Å². The summed E-state index contributed by atoms with van der Waals surface area (Å²) in [5.74, 6) is -1.21. The summed E-state index contributed by atoms with van der Waals surface area (Å²) in [5, 5.41) is 2.93. The molecule has 7 heteroatoms. The Balaban J connectivity index is 2.96. The van der Waals surface area contributed by atoms with Gasteiger partial charge in [0.2, 0.25) is 5.91 Å². The number of halogens is 1. The summed E-state index contributed by atoms with van der Waals surface area (Å²) in [6, 6.07) is 4.16. The second kappa shape index (κ2) is 6.01. The molecule has 0 heterocycles. The zero-order chi connectivity index (χ0) is 15.6. The molecular formula is C13H19ClN2O3S. The average Bonchev–Trinajstić information content (AvgIpc) is 2.30. The third-order valence-electron chi connectivity index (χ3n) is 2.99. The lowest BCUT2D eigenvalue weighted by Crippen LogP contribution is -2.45. The van der Waals surface area contributed by atoms with Crippen LogP contribution in [0.3, 0.4) is 0 Å². The van der Waals surface area contributed by atoms with E-state index in [9.17, 15) is 13.2 Å². The number of carbonyl (C=O) groups excluding carboxylic acids is 1. The fourth-order valence-electron chi connectivity index (χ4n) is 1.53. The minimum absolute atomic E-state index is 0.0805. The van der Waals surface area contributed by atoms with Crippen LogP contribution in [-0.2, 0) is 14.6 Å². The highest BCUT2D eigenvalue weighted by Crippen LogP contribution is 2.23. The Morgan fingerprint density at radius 2 is 2.00 bits per heavy atom. The third-order valence-corrected chi connectivity index (χ3v) is 4.89. The minimum Gasteiger partial charge on any atom is -0.398 e. The summed E-state index contributed by atoms with van der Waals surface area (Å²) in [7, 11) is -3.81. The molecule has 0 bridgehead atoms. The molecule has 3 N–H and O–H groups in total. The van der Waals surface area contributed by atoms with Gasteiger partial charge in [0.25, 0.3) is 0 Å². The second-order valence-corrected chi connectivity index (χ2v) is 7.62. The number of nitrogen functional groups attached to an aromatic ring is 1. The number of hydrogen-bond donors (Lipinski definition) is 2. The molecule has 0 fully saturated rings. The Kier molecular flexibility index (Phi) is 5.05. The quantitative estimate of drug-likeness (QED) is 0.813. The smallest absolute Gasteiger partial charge is 0.235 e. The van der Waals surface area contributed by atoms with Crippen molar-refractivity contribution in [3.63, 3.8) is 0 Å². The fourth-order valence-corrected chi connectivity index (χ4v) is 3.07. The van der Waals surface area contributed by atoms with E-state index in [1.54, 1.807) is 0 Å². The normalized spacial score (nSPS) is 12.2. The Morgan fingerprint density at radius 3 is 2.55 bits per heavy atom. The summed E-state index contributed by atoms with van der Waals surface area (Å²) in [5.41, 5.74) is 5.26. The Labute approximate surface area is 124 Å². The molecule has 0 aromatic heterocycles. The van der Waals surface area contributed by atoms with Crippen LogP contribution in [0.4, 0.5) is 5.69 Å². The predicted octanol–water partition coefficient (Wildman–Crippen LogP) is 2.00. The summed E-state index contributed by atoms with van der Waals surface area (Å²) in [6.07, 6.45) is 0.693. The van der Waals surface area contributed by atoms with E-state index in [0.717, 1.165) is 0 Å². The molecule has 0 aliphatic heterocycles. The van der Waals surface area contributed by atoms with E-state index in [0.29, 0.717) is 6.42 Å². The molecule has 0 unspecified atom stereocenters. The van der Waals surface area contributed by atoms with Crippen LogP contribution in [0, 0.1) is 0 Å². The molecule has 1 aromatic rings. The van der Waals surface area contributed by atoms with E-state index in [4.69, 9.17) is 17.3 Å². The van der Waals surface area contributed by atoms with Gasteiger partial charge < -0.3 is 11.1 Å². The molecule has 0 saturated heterocycles. The molecule has 0 spiro atoms. The van der Waals surface area contributed by atoms with E-state index in [-0.39, 0.29) is 15.6 Å². The lowest BCUT2D eigenvalue weighted by atomic mass is 10.0. The Morgan fingerprint density at radius 1 is 1.40 bits per heavy atom. The number of benzene rings is 1. The number of rotatable bonds is 5. The molecule has 0 radical (unpaired) electrons. The van der Waals surface area contributed by atoms with Crippen LogP contribution in [0.15, 0.2) is 23.1 Å². The zero-order valence-electron chi connectivity index (χ0n) is 11.7. The maximum atomic E-state index is 12.2. The van der Waals surface area contributed by atoms with Crippen LogP contribution in [-0.4, -0.2) is 25.6 Å². The van der Waals surface area contributed by atoms with E-state index >= 15 is 0 Å². The average molecular weight is 319 g/mol.